The molecule has 0 aliphatic heterocycles. The summed E-state index contributed by atoms with van der Waals surface area (Å²) in [4.78, 5) is 18.0. The van der Waals surface area contributed by atoms with E-state index in [1.54, 1.807) is 29.3 Å². The fourth-order valence-electron chi connectivity index (χ4n) is 2.53. The lowest BCUT2D eigenvalue weighted by molar-refractivity contribution is 0.0947. The van der Waals surface area contributed by atoms with Gasteiger partial charge in [0, 0.05) is 20.8 Å². The van der Waals surface area contributed by atoms with Crippen molar-refractivity contribution in [3.05, 3.63) is 44.7 Å². The Morgan fingerprint density at radius 1 is 1.41 bits per heavy atom. The number of hydrogen-bond acceptors (Lipinski definition) is 4. The van der Waals surface area contributed by atoms with E-state index < -0.39 is 0 Å². The molecule has 1 aliphatic rings. The number of aromatic nitrogens is 1. The molecular formula is C16H17BrN2OS2. The quantitative estimate of drug-likeness (QED) is 0.783. The number of thioether (sulfide) groups is 1. The summed E-state index contributed by atoms with van der Waals surface area (Å²) in [6, 6.07) is 5.69. The summed E-state index contributed by atoms with van der Waals surface area (Å²) in [6.07, 6.45) is 6.80. The number of carbonyl (C=O) groups is 1. The summed E-state index contributed by atoms with van der Waals surface area (Å²) >= 11 is 6.88. The van der Waals surface area contributed by atoms with E-state index in [1.165, 1.54) is 25.7 Å². The summed E-state index contributed by atoms with van der Waals surface area (Å²) < 4.78 is 1.05. The molecule has 2 aromatic heterocycles. The van der Waals surface area contributed by atoms with Crippen LogP contribution in [0.25, 0.3) is 0 Å². The van der Waals surface area contributed by atoms with E-state index in [4.69, 9.17) is 0 Å². The Labute approximate surface area is 147 Å². The molecule has 0 radical (unpaired) electrons. The zero-order valence-corrected chi connectivity index (χ0v) is 15.3. The highest BCUT2D eigenvalue weighted by atomic mass is 79.9. The maximum absolute atomic E-state index is 12.5. The maximum atomic E-state index is 12.5. The molecular weight excluding hydrogens is 380 g/mol. The second-order valence-corrected chi connectivity index (χ2v) is 8.40. The van der Waals surface area contributed by atoms with Crippen molar-refractivity contribution in [1.82, 2.24) is 10.3 Å². The third kappa shape index (κ3) is 3.91. The number of thiophene rings is 1. The lowest BCUT2D eigenvalue weighted by atomic mass is 10.2. The molecule has 1 fully saturated rings. The van der Waals surface area contributed by atoms with Gasteiger partial charge in [0.05, 0.1) is 12.1 Å². The highest BCUT2D eigenvalue weighted by molar-refractivity contribution is 9.10. The van der Waals surface area contributed by atoms with Crippen LogP contribution < -0.4 is 5.32 Å². The third-order valence-corrected chi connectivity index (χ3v) is 6.98. The number of hydrogen-bond donors (Lipinski definition) is 1. The minimum atomic E-state index is -0.0473. The number of amides is 1. The SMILES string of the molecule is O=C(NCc1sccc1Br)c1cccnc1SC1CCCC1. The van der Waals surface area contributed by atoms with Gasteiger partial charge in [-0.2, -0.15) is 0 Å². The highest BCUT2D eigenvalue weighted by Crippen LogP contribution is 2.35. The third-order valence-electron chi connectivity index (χ3n) is 3.70. The summed E-state index contributed by atoms with van der Waals surface area (Å²) in [5.41, 5.74) is 0.687. The van der Waals surface area contributed by atoms with Crippen LogP contribution in [0.2, 0.25) is 0 Å². The number of nitrogens with one attached hydrogen (secondary N) is 1. The van der Waals surface area contributed by atoms with Crippen LogP contribution in [0.3, 0.4) is 0 Å². The molecule has 0 unspecified atom stereocenters. The first-order valence-corrected chi connectivity index (χ1v) is 9.91. The van der Waals surface area contributed by atoms with Crippen molar-refractivity contribution in [3.63, 3.8) is 0 Å². The van der Waals surface area contributed by atoms with E-state index >= 15 is 0 Å². The van der Waals surface area contributed by atoms with Crippen LogP contribution in [0.15, 0.2) is 39.3 Å². The molecule has 0 saturated heterocycles. The minimum absolute atomic E-state index is 0.0473. The van der Waals surface area contributed by atoms with E-state index in [9.17, 15) is 4.79 Å². The smallest absolute Gasteiger partial charge is 0.254 e. The van der Waals surface area contributed by atoms with Crippen molar-refractivity contribution in [2.24, 2.45) is 0 Å². The second-order valence-electron chi connectivity index (χ2n) is 5.25. The van der Waals surface area contributed by atoms with Gasteiger partial charge in [-0.1, -0.05) is 12.8 Å². The first-order chi connectivity index (χ1) is 10.7. The highest BCUT2D eigenvalue weighted by Gasteiger charge is 2.20. The molecule has 0 bridgehead atoms. The van der Waals surface area contributed by atoms with Crippen LogP contribution in [0.1, 0.15) is 40.9 Å². The molecule has 3 rings (SSSR count). The van der Waals surface area contributed by atoms with Crippen LogP contribution in [-0.2, 0) is 6.54 Å². The van der Waals surface area contributed by atoms with Gasteiger partial charge in [0.1, 0.15) is 5.03 Å². The Morgan fingerprint density at radius 2 is 2.23 bits per heavy atom. The predicted octanol–water partition coefficient (Wildman–Crippen LogP) is 4.87. The van der Waals surface area contributed by atoms with Crippen molar-refractivity contribution in [3.8, 4) is 0 Å². The van der Waals surface area contributed by atoms with Gasteiger partial charge in [0.15, 0.2) is 0 Å². The molecule has 2 aromatic rings. The van der Waals surface area contributed by atoms with Crippen LogP contribution in [0.4, 0.5) is 0 Å². The van der Waals surface area contributed by atoms with Crippen LogP contribution in [0.5, 0.6) is 0 Å². The first kappa shape index (κ1) is 16.0. The molecule has 0 aromatic carbocycles. The zero-order chi connectivity index (χ0) is 15.4. The van der Waals surface area contributed by atoms with Gasteiger partial charge < -0.3 is 5.32 Å². The molecule has 0 spiro atoms. The monoisotopic (exact) mass is 396 g/mol. The topological polar surface area (TPSA) is 42.0 Å². The zero-order valence-electron chi connectivity index (χ0n) is 12.0. The van der Waals surface area contributed by atoms with Gasteiger partial charge in [-0.15, -0.1) is 23.1 Å². The Balaban J connectivity index is 1.67. The molecule has 2 heterocycles. The van der Waals surface area contributed by atoms with Gasteiger partial charge in [-0.25, -0.2) is 4.98 Å². The Kier molecular flexibility index (Phi) is 5.55. The van der Waals surface area contributed by atoms with Gasteiger partial charge in [0.2, 0.25) is 0 Å². The Bertz CT molecular complexity index is 653. The largest absolute Gasteiger partial charge is 0.347 e. The average molecular weight is 397 g/mol. The fraction of sp³-hybridized carbons (Fsp3) is 0.375. The van der Waals surface area contributed by atoms with E-state index in [0.717, 1.165) is 14.4 Å². The Morgan fingerprint density at radius 3 is 2.95 bits per heavy atom. The number of pyridine rings is 1. The fourth-order valence-corrected chi connectivity index (χ4v) is 5.26. The molecule has 0 atom stereocenters. The number of nitrogens with zero attached hydrogens (tertiary/aromatic N) is 1. The van der Waals surface area contributed by atoms with Gasteiger partial charge in [0.25, 0.3) is 5.91 Å². The molecule has 1 aliphatic carbocycles. The summed E-state index contributed by atoms with van der Waals surface area (Å²) in [6.45, 7) is 0.541. The standard InChI is InChI=1S/C16H17BrN2OS2/c17-13-7-9-21-14(13)10-19-15(20)12-6-3-8-18-16(12)22-11-4-1-2-5-11/h3,6-9,11H,1-2,4-5,10H2,(H,19,20). The van der Waals surface area contributed by atoms with Crippen LogP contribution in [0, 0.1) is 0 Å². The van der Waals surface area contributed by atoms with Crippen molar-refractivity contribution in [2.75, 3.05) is 0 Å². The van der Waals surface area contributed by atoms with Gasteiger partial charge >= 0.3 is 0 Å². The predicted molar refractivity (Wildman–Crippen MR) is 95.5 cm³/mol. The maximum Gasteiger partial charge on any atom is 0.254 e. The van der Waals surface area contributed by atoms with Crippen molar-refractivity contribution in [2.45, 2.75) is 42.5 Å². The lowest BCUT2D eigenvalue weighted by Gasteiger charge is -2.12. The minimum Gasteiger partial charge on any atom is -0.347 e. The second kappa shape index (κ2) is 7.62. The molecule has 22 heavy (non-hydrogen) atoms. The lowest BCUT2D eigenvalue weighted by Crippen LogP contribution is -2.23. The summed E-state index contributed by atoms with van der Waals surface area (Å²) in [5.74, 6) is -0.0473. The summed E-state index contributed by atoms with van der Waals surface area (Å²) in [7, 11) is 0. The molecule has 1 amide bonds. The normalized spacial score (nSPS) is 15.1. The first-order valence-electron chi connectivity index (χ1n) is 7.36. The van der Waals surface area contributed by atoms with Crippen molar-refractivity contribution < 1.29 is 4.79 Å². The molecule has 1 saturated carbocycles. The van der Waals surface area contributed by atoms with Crippen molar-refractivity contribution in [1.29, 1.82) is 0 Å². The van der Waals surface area contributed by atoms with E-state index in [0.29, 0.717) is 17.4 Å². The molecule has 1 N–H and O–H groups in total. The van der Waals surface area contributed by atoms with Crippen LogP contribution >= 0.6 is 39.0 Å². The number of carbonyl (C=O) groups excluding carboxylic acids is 1. The van der Waals surface area contributed by atoms with E-state index in [2.05, 4.69) is 26.2 Å². The molecule has 116 valence electrons. The summed E-state index contributed by atoms with van der Waals surface area (Å²) in [5, 5.41) is 6.47. The average Bonchev–Trinajstić information content (AvgIpc) is 3.17. The van der Waals surface area contributed by atoms with Crippen LogP contribution in [-0.4, -0.2) is 16.1 Å². The Hall–Kier alpha value is -0.850. The van der Waals surface area contributed by atoms with E-state index in [-0.39, 0.29) is 5.91 Å². The van der Waals surface area contributed by atoms with Crippen molar-refractivity contribution >= 4 is 44.9 Å². The molecule has 6 heteroatoms. The van der Waals surface area contributed by atoms with Gasteiger partial charge in [-0.3, -0.25) is 4.79 Å². The molecule has 3 nitrogen and oxygen atoms in total. The number of rotatable bonds is 5. The number of halogens is 1. The van der Waals surface area contributed by atoms with Gasteiger partial charge in [-0.05, 0) is 52.4 Å². The van der Waals surface area contributed by atoms with E-state index in [1.807, 2.05) is 23.6 Å².